The molecule has 0 aromatic carbocycles. The van der Waals surface area contributed by atoms with E-state index in [1.54, 1.807) is 0 Å². The van der Waals surface area contributed by atoms with Crippen molar-refractivity contribution < 1.29 is 9.53 Å². The van der Waals surface area contributed by atoms with Gasteiger partial charge in [0.15, 0.2) is 0 Å². The molecule has 0 bridgehead atoms. The van der Waals surface area contributed by atoms with Gasteiger partial charge in [0.1, 0.15) is 0 Å². The molecule has 0 radical (unpaired) electrons. The molecule has 1 fully saturated rings. The standard InChI is InChI=1S/C10H19NO2/c11-10(12)13-8-7-9-5-3-1-2-4-6-9/h9H,1-8H2,(H2,11,12). The van der Waals surface area contributed by atoms with Crippen LogP contribution in [0.15, 0.2) is 0 Å². The minimum absolute atomic E-state index is 0.500. The van der Waals surface area contributed by atoms with Crippen LogP contribution < -0.4 is 5.73 Å². The van der Waals surface area contributed by atoms with Crippen molar-refractivity contribution in [3.8, 4) is 0 Å². The highest BCUT2D eigenvalue weighted by atomic mass is 16.5. The molecule has 76 valence electrons. The Balaban J connectivity index is 2.08. The molecular formula is C10H19NO2. The fourth-order valence-corrected chi connectivity index (χ4v) is 1.98. The lowest BCUT2D eigenvalue weighted by atomic mass is 9.97. The molecule has 0 aromatic heterocycles. The largest absolute Gasteiger partial charge is 0.450 e. The summed E-state index contributed by atoms with van der Waals surface area (Å²) < 4.78 is 4.72. The molecule has 1 rings (SSSR count). The van der Waals surface area contributed by atoms with Gasteiger partial charge in [0.25, 0.3) is 0 Å². The summed E-state index contributed by atoms with van der Waals surface area (Å²) in [6.07, 6.45) is 8.34. The minimum Gasteiger partial charge on any atom is -0.450 e. The van der Waals surface area contributed by atoms with Crippen LogP contribution in [0.1, 0.15) is 44.9 Å². The van der Waals surface area contributed by atoms with Gasteiger partial charge in [-0.15, -0.1) is 0 Å². The Morgan fingerprint density at radius 2 is 1.85 bits per heavy atom. The lowest BCUT2D eigenvalue weighted by Gasteiger charge is -2.12. The van der Waals surface area contributed by atoms with Crippen molar-refractivity contribution in [1.82, 2.24) is 0 Å². The number of primary amides is 1. The molecule has 1 amide bonds. The number of hydrogen-bond acceptors (Lipinski definition) is 2. The van der Waals surface area contributed by atoms with Crippen molar-refractivity contribution in [2.75, 3.05) is 6.61 Å². The van der Waals surface area contributed by atoms with E-state index in [0.717, 1.165) is 12.3 Å². The molecule has 1 aliphatic rings. The van der Waals surface area contributed by atoms with Crippen LogP contribution >= 0.6 is 0 Å². The van der Waals surface area contributed by atoms with Crippen LogP contribution in [0.2, 0.25) is 0 Å². The van der Waals surface area contributed by atoms with Gasteiger partial charge in [-0.2, -0.15) is 0 Å². The molecule has 2 N–H and O–H groups in total. The molecule has 3 nitrogen and oxygen atoms in total. The zero-order chi connectivity index (χ0) is 9.52. The second-order valence-electron chi connectivity index (χ2n) is 3.81. The van der Waals surface area contributed by atoms with Gasteiger partial charge in [0.2, 0.25) is 0 Å². The average Bonchev–Trinajstić information content (AvgIpc) is 2.32. The number of rotatable bonds is 3. The van der Waals surface area contributed by atoms with Gasteiger partial charge < -0.3 is 10.5 Å². The molecule has 1 aliphatic carbocycles. The van der Waals surface area contributed by atoms with Gasteiger partial charge in [-0.05, 0) is 12.3 Å². The maximum absolute atomic E-state index is 10.3. The third-order valence-corrected chi connectivity index (χ3v) is 2.75. The molecule has 13 heavy (non-hydrogen) atoms. The topological polar surface area (TPSA) is 52.3 Å². The highest BCUT2D eigenvalue weighted by Gasteiger charge is 2.12. The van der Waals surface area contributed by atoms with Crippen LogP contribution in [-0.2, 0) is 4.74 Å². The lowest BCUT2D eigenvalue weighted by Crippen LogP contribution is -2.15. The van der Waals surface area contributed by atoms with Gasteiger partial charge in [-0.1, -0.05) is 38.5 Å². The summed E-state index contributed by atoms with van der Waals surface area (Å²) in [5.74, 6) is 0.752. The fourth-order valence-electron chi connectivity index (χ4n) is 1.98. The quantitative estimate of drug-likeness (QED) is 0.686. The molecule has 0 heterocycles. The first-order valence-corrected chi connectivity index (χ1v) is 5.21. The van der Waals surface area contributed by atoms with Gasteiger partial charge in [-0.25, -0.2) is 4.79 Å². The number of carbonyl (C=O) groups is 1. The van der Waals surface area contributed by atoms with Gasteiger partial charge in [0.05, 0.1) is 6.61 Å². The Bertz CT molecular complexity index is 151. The Labute approximate surface area is 79.6 Å². The van der Waals surface area contributed by atoms with Crippen LogP contribution in [-0.4, -0.2) is 12.7 Å². The average molecular weight is 185 g/mol. The van der Waals surface area contributed by atoms with E-state index in [-0.39, 0.29) is 0 Å². The van der Waals surface area contributed by atoms with E-state index in [0.29, 0.717) is 6.61 Å². The molecule has 3 heteroatoms. The molecule has 0 atom stereocenters. The van der Waals surface area contributed by atoms with Crippen molar-refractivity contribution >= 4 is 6.09 Å². The second kappa shape index (κ2) is 5.84. The molecule has 0 aliphatic heterocycles. The van der Waals surface area contributed by atoms with Gasteiger partial charge in [-0.3, -0.25) is 0 Å². The van der Waals surface area contributed by atoms with Crippen molar-refractivity contribution in [3.05, 3.63) is 0 Å². The smallest absolute Gasteiger partial charge is 0.404 e. The molecular weight excluding hydrogens is 166 g/mol. The van der Waals surface area contributed by atoms with Crippen LogP contribution in [0.3, 0.4) is 0 Å². The summed E-state index contributed by atoms with van der Waals surface area (Å²) >= 11 is 0. The van der Waals surface area contributed by atoms with Crippen LogP contribution in [0, 0.1) is 5.92 Å². The maximum atomic E-state index is 10.3. The predicted molar refractivity (Wildman–Crippen MR) is 51.3 cm³/mol. The van der Waals surface area contributed by atoms with Crippen molar-refractivity contribution in [3.63, 3.8) is 0 Å². The lowest BCUT2D eigenvalue weighted by molar-refractivity contribution is 0.147. The Morgan fingerprint density at radius 3 is 2.38 bits per heavy atom. The summed E-state index contributed by atoms with van der Waals surface area (Å²) in [7, 11) is 0. The fraction of sp³-hybridized carbons (Fsp3) is 0.900. The number of ether oxygens (including phenoxy) is 1. The number of carbonyl (C=O) groups excluding carboxylic acids is 1. The van der Waals surface area contributed by atoms with Gasteiger partial charge in [0, 0.05) is 0 Å². The minimum atomic E-state index is -0.645. The van der Waals surface area contributed by atoms with E-state index in [1.165, 1.54) is 38.5 Å². The zero-order valence-electron chi connectivity index (χ0n) is 8.13. The number of amides is 1. The molecule has 0 saturated heterocycles. The molecule has 0 aromatic rings. The van der Waals surface area contributed by atoms with E-state index in [9.17, 15) is 4.79 Å². The van der Waals surface area contributed by atoms with E-state index in [2.05, 4.69) is 0 Å². The summed E-state index contributed by atoms with van der Waals surface area (Å²) in [6, 6.07) is 0. The first-order chi connectivity index (χ1) is 6.29. The molecule has 0 spiro atoms. The summed E-state index contributed by atoms with van der Waals surface area (Å²) in [6.45, 7) is 0.500. The summed E-state index contributed by atoms with van der Waals surface area (Å²) in [4.78, 5) is 10.3. The van der Waals surface area contributed by atoms with Crippen molar-refractivity contribution in [2.24, 2.45) is 11.7 Å². The third-order valence-electron chi connectivity index (χ3n) is 2.75. The monoisotopic (exact) mass is 185 g/mol. The van der Waals surface area contributed by atoms with Crippen molar-refractivity contribution in [1.29, 1.82) is 0 Å². The van der Waals surface area contributed by atoms with Gasteiger partial charge >= 0.3 is 6.09 Å². The number of nitrogens with two attached hydrogens (primary N) is 1. The normalized spacial score (nSPS) is 19.4. The van der Waals surface area contributed by atoms with Crippen LogP contribution in [0.25, 0.3) is 0 Å². The van der Waals surface area contributed by atoms with Crippen LogP contribution in [0.5, 0.6) is 0 Å². The predicted octanol–water partition coefficient (Wildman–Crippen LogP) is 2.44. The summed E-state index contributed by atoms with van der Waals surface area (Å²) in [5.41, 5.74) is 4.88. The van der Waals surface area contributed by atoms with E-state index in [1.807, 2.05) is 0 Å². The Hall–Kier alpha value is -0.730. The van der Waals surface area contributed by atoms with E-state index in [4.69, 9.17) is 10.5 Å². The van der Waals surface area contributed by atoms with E-state index >= 15 is 0 Å². The maximum Gasteiger partial charge on any atom is 0.404 e. The Morgan fingerprint density at radius 1 is 1.23 bits per heavy atom. The first-order valence-electron chi connectivity index (χ1n) is 5.21. The second-order valence-corrected chi connectivity index (χ2v) is 3.81. The number of hydrogen-bond donors (Lipinski definition) is 1. The third kappa shape index (κ3) is 4.76. The van der Waals surface area contributed by atoms with Crippen LogP contribution in [0.4, 0.5) is 4.79 Å². The molecule has 1 saturated carbocycles. The first kappa shape index (κ1) is 10.4. The zero-order valence-corrected chi connectivity index (χ0v) is 8.13. The SMILES string of the molecule is NC(=O)OCCC1CCCCCC1. The molecule has 0 unspecified atom stereocenters. The summed E-state index contributed by atoms with van der Waals surface area (Å²) in [5, 5.41) is 0. The van der Waals surface area contributed by atoms with E-state index < -0.39 is 6.09 Å². The highest BCUT2D eigenvalue weighted by Crippen LogP contribution is 2.25. The Kier molecular flexibility index (Phi) is 4.65. The highest BCUT2D eigenvalue weighted by molar-refractivity contribution is 5.64. The van der Waals surface area contributed by atoms with Crippen molar-refractivity contribution in [2.45, 2.75) is 44.9 Å².